The lowest BCUT2D eigenvalue weighted by Crippen LogP contribution is -2.46. The van der Waals surface area contributed by atoms with Gasteiger partial charge < -0.3 is 15.5 Å². The lowest BCUT2D eigenvalue weighted by molar-refractivity contribution is -0.155. The zero-order valence-corrected chi connectivity index (χ0v) is 13.1. The predicted molar refractivity (Wildman–Crippen MR) is 80.7 cm³/mol. The number of aryl methyl sites for hydroxylation is 1. The fourth-order valence-electron chi connectivity index (χ4n) is 2.47. The Morgan fingerprint density at radius 1 is 1.52 bits per heavy atom. The van der Waals surface area contributed by atoms with Crippen LogP contribution in [0.3, 0.4) is 0 Å². The van der Waals surface area contributed by atoms with E-state index >= 15 is 0 Å². The molecule has 2 atom stereocenters. The van der Waals surface area contributed by atoms with E-state index in [9.17, 15) is 14.7 Å². The number of carbonyl (C=O) groups excluding carboxylic acids is 1. The van der Waals surface area contributed by atoms with Crippen molar-refractivity contribution in [1.29, 1.82) is 0 Å². The van der Waals surface area contributed by atoms with Crippen LogP contribution in [0.1, 0.15) is 46.8 Å². The lowest BCUT2D eigenvalue weighted by Gasteiger charge is -2.19. The van der Waals surface area contributed by atoms with Gasteiger partial charge in [-0.1, -0.05) is 13.3 Å². The monoisotopic (exact) mass is 311 g/mol. The van der Waals surface area contributed by atoms with Gasteiger partial charge in [0.1, 0.15) is 0 Å². The maximum absolute atomic E-state index is 12.1. The van der Waals surface area contributed by atoms with Gasteiger partial charge in [-0.05, 0) is 43.7 Å². The first-order chi connectivity index (χ1) is 9.83. The summed E-state index contributed by atoms with van der Waals surface area (Å²) in [4.78, 5) is 24.7. The molecule has 0 saturated carbocycles. The van der Waals surface area contributed by atoms with Gasteiger partial charge in [0.15, 0.2) is 5.60 Å². The van der Waals surface area contributed by atoms with Crippen molar-refractivity contribution in [3.8, 4) is 0 Å². The number of aliphatic carboxylic acids is 1. The number of fused-ring (bicyclic) bond motifs is 1. The molecule has 1 aromatic rings. The third-order valence-corrected chi connectivity index (χ3v) is 5.28. The summed E-state index contributed by atoms with van der Waals surface area (Å²) in [5.74, 6) is -0.973. The molecule has 0 aromatic carbocycles. The number of carboxylic acid groups (broad SMARTS) is 1. The van der Waals surface area contributed by atoms with Crippen molar-refractivity contribution in [2.45, 2.75) is 45.1 Å². The summed E-state index contributed by atoms with van der Waals surface area (Å²) in [6, 6.07) is 1.91. The second-order valence-corrected chi connectivity index (χ2v) is 6.97. The standard InChI is InChI=1S/C15H21NO4S/c1-3-9-4-5-11-10(6-9)7-12(21-11)13(17)16-8-15(2,20)14(18)19/h7,9,20H,3-6,8H2,1-2H3,(H,16,17)(H,18,19). The summed E-state index contributed by atoms with van der Waals surface area (Å²) in [5, 5.41) is 20.9. The van der Waals surface area contributed by atoms with E-state index in [2.05, 4.69) is 12.2 Å². The van der Waals surface area contributed by atoms with Crippen LogP contribution in [0.2, 0.25) is 0 Å². The minimum atomic E-state index is -1.94. The number of hydrogen-bond acceptors (Lipinski definition) is 4. The SMILES string of the molecule is CCC1CCc2sc(C(=O)NCC(C)(O)C(=O)O)cc2C1. The second kappa shape index (κ2) is 6.15. The minimum absolute atomic E-state index is 0.304. The van der Waals surface area contributed by atoms with Gasteiger partial charge in [-0.15, -0.1) is 11.3 Å². The molecule has 0 radical (unpaired) electrons. The molecule has 116 valence electrons. The minimum Gasteiger partial charge on any atom is -0.479 e. The molecule has 0 fully saturated rings. The Morgan fingerprint density at radius 2 is 2.24 bits per heavy atom. The number of aliphatic hydroxyl groups is 1. The highest BCUT2D eigenvalue weighted by molar-refractivity contribution is 7.14. The number of rotatable bonds is 5. The Hall–Kier alpha value is -1.40. The van der Waals surface area contributed by atoms with E-state index in [0.717, 1.165) is 19.3 Å². The van der Waals surface area contributed by atoms with Crippen molar-refractivity contribution in [3.63, 3.8) is 0 Å². The number of carboxylic acids is 1. The van der Waals surface area contributed by atoms with Crippen molar-refractivity contribution in [2.75, 3.05) is 6.54 Å². The molecule has 2 unspecified atom stereocenters. The summed E-state index contributed by atoms with van der Waals surface area (Å²) in [6.45, 7) is 3.05. The van der Waals surface area contributed by atoms with Crippen LogP contribution in [0.15, 0.2) is 6.07 Å². The van der Waals surface area contributed by atoms with Crippen LogP contribution in [-0.4, -0.2) is 34.2 Å². The largest absolute Gasteiger partial charge is 0.479 e. The molecule has 0 aliphatic heterocycles. The average molecular weight is 311 g/mol. The van der Waals surface area contributed by atoms with Crippen molar-refractivity contribution in [1.82, 2.24) is 5.32 Å². The number of nitrogens with one attached hydrogen (secondary N) is 1. The summed E-state index contributed by atoms with van der Waals surface area (Å²) in [6.07, 6.45) is 4.35. The molecule has 1 amide bonds. The molecule has 21 heavy (non-hydrogen) atoms. The predicted octanol–water partition coefficient (Wildman–Crippen LogP) is 1.83. The van der Waals surface area contributed by atoms with E-state index in [1.54, 1.807) is 0 Å². The van der Waals surface area contributed by atoms with Gasteiger partial charge in [0.05, 0.1) is 11.4 Å². The van der Waals surface area contributed by atoms with Crippen LogP contribution in [0.4, 0.5) is 0 Å². The van der Waals surface area contributed by atoms with Crippen molar-refractivity contribution < 1.29 is 19.8 Å². The van der Waals surface area contributed by atoms with Crippen LogP contribution >= 0.6 is 11.3 Å². The molecule has 1 aliphatic rings. The summed E-state index contributed by atoms with van der Waals surface area (Å²) in [7, 11) is 0. The van der Waals surface area contributed by atoms with E-state index in [4.69, 9.17) is 5.11 Å². The molecule has 1 heterocycles. The maximum Gasteiger partial charge on any atom is 0.337 e. The van der Waals surface area contributed by atoms with Crippen molar-refractivity contribution in [3.05, 3.63) is 21.4 Å². The first kappa shape index (κ1) is 16.0. The first-order valence-corrected chi connectivity index (χ1v) is 8.00. The normalized spacial score (nSPS) is 20.4. The van der Waals surface area contributed by atoms with Crippen molar-refractivity contribution >= 4 is 23.2 Å². The summed E-state index contributed by atoms with van der Waals surface area (Å²) < 4.78 is 0. The smallest absolute Gasteiger partial charge is 0.337 e. The van der Waals surface area contributed by atoms with E-state index in [1.807, 2.05) is 6.07 Å². The summed E-state index contributed by atoms with van der Waals surface area (Å²) >= 11 is 1.47. The van der Waals surface area contributed by atoms with Gasteiger partial charge >= 0.3 is 5.97 Å². The first-order valence-electron chi connectivity index (χ1n) is 7.19. The van der Waals surface area contributed by atoms with Crippen LogP contribution in [0.5, 0.6) is 0 Å². The zero-order valence-electron chi connectivity index (χ0n) is 12.3. The fourth-order valence-corrected chi connectivity index (χ4v) is 3.60. The van der Waals surface area contributed by atoms with Gasteiger partial charge in [-0.25, -0.2) is 4.79 Å². The summed E-state index contributed by atoms with van der Waals surface area (Å²) in [5.41, 5.74) is -0.701. The van der Waals surface area contributed by atoms with Gasteiger partial charge in [0.2, 0.25) is 0 Å². The molecule has 1 aromatic heterocycles. The molecule has 1 aliphatic carbocycles. The van der Waals surface area contributed by atoms with E-state index in [0.29, 0.717) is 10.8 Å². The molecular formula is C15H21NO4S. The molecule has 0 bridgehead atoms. The fraction of sp³-hybridized carbons (Fsp3) is 0.600. The molecule has 6 heteroatoms. The molecule has 0 saturated heterocycles. The molecule has 3 N–H and O–H groups in total. The van der Waals surface area contributed by atoms with Crippen molar-refractivity contribution in [2.24, 2.45) is 5.92 Å². The number of hydrogen-bond donors (Lipinski definition) is 3. The highest BCUT2D eigenvalue weighted by atomic mass is 32.1. The third-order valence-electron chi connectivity index (χ3n) is 4.04. The van der Waals surface area contributed by atoms with Gasteiger partial charge in [-0.3, -0.25) is 4.79 Å². The molecular weight excluding hydrogens is 290 g/mol. The Kier molecular flexibility index (Phi) is 4.68. The topological polar surface area (TPSA) is 86.6 Å². The van der Waals surface area contributed by atoms with Crippen LogP contribution in [-0.2, 0) is 17.6 Å². The average Bonchev–Trinajstić information content (AvgIpc) is 2.87. The Labute approximate surface area is 128 Å². The highest BCUT2D eigenvalue weighted by Crippen LogP contribution is 2.33. The second-order valence-electron chi connectivity index (χ2n) is 5.84. The van der Waals surface area contributed by atoms with Crippen LogP contribution < -0.4 is 5.32 Å². The van der Waals surface area contributed by atoms with Gasteiger partial charge in [0.25, 0.3) is 5.91 Å². The van der Waals surface area contributed by atoms with Crippen LogP contribution in [0, 0.1) is 5.92 Å². The lowest BCUT2D eigenvalue weighted by atomic mass is 9.87. The maximum atomic E-state index is 12.1. The van der Waals surface area contributed by atoms with E-state index < -0.39 is 11.6 Å². The molecule has 0 spiro atoms. The molecule has 5 nitrogen and oxygen atoms in total. The van der Waals surface area contributed by atoms with E-state index in [-0.39, 0.29) is 12.5 Å². The van der Waals surface area contributed by atoms with E-state index in [1.165, 1.54) is 35.1 Å². The Morgan fingerprint density at radius 3 is 2.86 bits per heavy atom. The number of thiophene rings is 1. The van der Waals surface area contributed by atoms with Gasteiger partial charge in [-0.2, -0.15) is 0 Å². The quantitative estimate of drug-likeness (QED) is 0.774. The van der Waals surface area contributed by atoms with Crippen LogP contribution in [0.25, 0.3) is 0 Å². The third kappa shape index (κ3) is 3.63. The Balaban J connectivity index is 2.01. The number of amides is 1. The Bertz CT molecular complexity index is 550. The zero-order chi connectivity index (χ0) is 15.6. The van der Waals surface area contributed by atoms with Gasteiger partial charge in [0, 0.05) is 4.88 Å². The molecule has 2 rings (SSSR count). The highest BCUT2D eigenvalue weighted by Gasteiger charge is 2.31. The number of carbonyl (C=O) groups is 2.